The number of amides is 1. The molecule has 3 N–H and O–H groups in total. The number of anilines is 1. The van der Waals surface area contributed by atoms with Crippen molar-refractivity contribution in [2.45, 2.75) is 32.7 Å². The van der Waals surface area contributed by atoms with Gasteiger partial charge in [0.2, 0.25) is 5.91 Å². The Morgan fingerprint density at radius 3 is 2.95 bits per heavy atom. The van der Waals surface area contributed by atoms with Gasteiger partial charge in [0.1, 0.15) is 0 Å². The summed E-state index contributed by atoms with van der Waals surface area (Å²) < 4.78 is 1.60. The van der Waals surface area contributed by atoms with Crippen LogP contribution in [0, 0.1) is 6.92 Å². The number of aryl methyl sites for hydroxylation is 1. The summed E-state index contributed by atoms with van der Waals surface area (Å²) >= 11 is 0. The summed E-state index contributed by atoms with van der Waals surface area (Å²) in [6, 6.07) is 6.82. The lowest BCUT2D eigenvalue weighted by atomic mass is 10.1. The van der Waals surface area contributed by atoms with Crippen LogP contribution < -0.4 is 11.1 Å². The molecule has 2 rings (SSSR count). The maximum Gasteiger partial charge on any atom is 0.241 e. The molecule has 0 fully saturated rings. The molecule has 0 aliphatic heterocycles. The van der Waals surface area contributed by atoms with Crippen molar-refractivity contribution < 1.29 is 4.79 Å². The van der Waals surface area contributed by atoms with E-state index < -0.39 is 6.04 Å². The fraction of sp³-hybridized carbons (Fsp3) is 0.385. The van der Waals surface area contributed by atoms with Crippen LogP contribution in [0.4, 0.5) is 5.69 Å². The number of nitrogens with two attached hydrogens (primary N) is 1. The first-order chi connectivity index (χ1) is 9.61. The number of nitrogens with one attached hydrogen (secondary N) is 1. The summed E-state index contributed by atoms with van der Waals surface area (Å²) in [4.78, 5) is 11.9. The fourth-order valence-electron chi connectivity index (χ4n) is 1.86. The van der Waals surface area contributed by atoms with Crippen LogP contribution in [0.25, 0.3) is 5.69 Å². The van der Waals surface area contributed by atoms with Crippen LogP contribution in [0.5, 0.6) is 0 Å². The van der Waals surface area contributed by atoms with Crippen LogP contribution in [-0.2, 0) is 4.79 Å². The van der Waals surface area contributed by atoms with Gasteiger partial charge in [0.05, 0.1) is 11.7 Å². The normalized spacial score (nSPS) is 12.2. The van der Waals surface area contributed by atoms with Gasteiger partial charge >= 0.3 is 0 Å². The summed E-state index contributed by atoms with van der Waals surface area (Å²) in [6.07, 6.45) is 1.54. The smallest absolute Gasteiger partial charge is 0.241 e. The minimum absolute atomic E-state index is 0.183. The van der Waals surface area contributed by atoms with Crippen molar-refractivity contribution in [2.75, 3.05) is 5.32 Å². The zero-order valence-electron chi connectivity index (χ0n) is 11.6. The lowest BCUT2D eigenvalue weighted by Gasteiger charge is -2.12. The number of hydrogen-bond donors (Lipinski definition) is 2. The van der Waals surface area contributed by atoms with Gasteiger partial charge in [-0.1, -0.05) is 19.4 Å². The fourth-order valence-corrected chi connectivity index (χ4v) is 1.86. The summed E-state index contributed by atoms with van der Waals surface area (Å²) in [5.41, 5.74) is 7.24. The molecule has 7 heteroatoms. The third-order valence-corrected chi connectivity index (χ3v) is 2.92. The minimum atomic E-state index is -0.488. The number of nitrogens with zero attached hydrogens (tertiary/aromatic N) is 4. The van der Waals surface area contributed by atoms with Gasteiger partial charge in [-0.15, -0.1) is 5.10 Å². The Bertz CT molecular complexity index is 594. The molecule has 0 bridgehead atoms. The quantitative estimate of drug-likeness (QED) is 0.848. The molecule has 0 saturated heterocycles. The SMILES string of the molecule is CCC[C@@H](N)C(=O)Nc1cccc(-n2nnnc2C)c1. The summed E-state index contributed by atoms with van der Waals surface area (Å²) in [6.45, 7) is 3.80. The van der Waals surface area contributed by atoms with E-state index in [9.17, 15) is 4.79 Å². The molecule has 20 heavy (non-hydrogen) atoms. The van der Waals surface area contributed by atoms with Crippen LogP contribution in [0.15, 0.2) is 24.3 Å². The van der Waals surface area contributed by atoms with Crippen molar-refractivity contribution in [3.63, 3.8) is 0 Å². The Morgan fingerprint density at radius 1 is 1.50 bits per heavy atom. The molecule has 0 radical (unpaired) electrons. The Hall–Kier alpha value is -2.28. The topological polar surface area (TPSA) is 98.7 Å². The molecule has 1 amide bonds. The highest BCUT2D eigenvalue weighted by Crippen LogP contribution is 2.15. The second-order valence-corrected chi connectivity index (χ2v) is 4.57. The molecule has 1 atom stereocenters. The van der Waals surface area contributed by atoms with E-state index in [1.54, 1.807) is 16.8 Å². The number of carbonyl (C=O) groups is 1. The van der Waals surface area contributed by atoms with E-state index in [1.807, 2.05) is 26.0 Å². The number of benzene rings is 1. The molecule has 7 nitrogen and oxygen atoms in total. The van der Waals surface area contributed by atoms with Crippen LogP contribution in [0.3, 0.4) is 0 Å². The van der Waals surface area contributed by atoms with Gasteiger partial charge in [0.15, 0.2) is 5.82 Å². The highest BCUT2D eigenvalue weighted by molar-refractivity contribution is 5.94. The van der Waals surface area contributed by atoms with E-state index in [0.29, 0.717) is 17.9 Å². The van der Waals surface area contributed by atoms with E-state index in [2.05, 4.69) is 20.8 Å². The Morgan fingerprint density at radius 2 is 2.30 bits per heavy atom. The van der Waals surface area contributed by atoms with E-state index in [4.69, 9.17) is 5.73 Å². The van der Waals surface area contributed by atoms with Crippen molar-refractivity contribution in [1.29, 1.82) is 0 Å². The van der Waals surface area contributed by atoms with Crippen LogP contribution in [-0.4, -0.2) is 32.2 Å². The largest absolute Gasteiger partial charge is 0.325 e. The molecule has 0 spiro atoms. The summed E-state index contributed by atoms with van der Waals surface area (Å²) in [5.74, 6) is 0.494. The van der Waals surface area contributed by atoms with Crippen molar-refractivity contribution in [3.05, 3.63) is 30.1 Å². The third-order valence-electron chi connectivity index (χ3n) is 2.92. The highest BCUT2D eigenvalue weighted by Gasteiger charge is 2.13. The van der Waals surface area contributed by atoms with Gasteiger partial charge in [-0.05, 0) is 42.0 Å². The maximum atomic E-state index is 11.9. The molecule has 0 unspecified atom stereocenters. The van der Waals surface area contributed by atoms with E-state index in [1.165, 1.54) is 0 Å². The molecule has 1 aromatic carbocycles. The zero-order valence-corrected chi connectivity index (χ0v) is 11.6. The van der Waals surface area contributed by atoms with Crippen molar-refractivity contribution in [2.24, 2.45) is 5.73 Å². The standard InChI is InChI=1S/C13H18N6O/c1-3-5-12(14)13(20)15-10-6-4-7-11(8-10)19-9(2)16-17-18-19/h4,6-8,12H,3,5,14H2,1-2H3,(H,15,20)/t12-/m1/s1. The van der Waals surface area contributed by atoms with Crippen molar-refractivity contribution >= 4 is 11.6 Å². The molecule has 0 aliphatic rings. The van der Waals surface area contributed by atoms with Gasteiger partial charge < -0.3 is 11.1 Å². The first-order valence-corrected chi connectivity index (χ1v) is 6.53. The van der Waals surface area contributed by atoms with Crippen molar-refractivity contribution in [1.82, 2.24) is 20.2 Å². The zero-order chi connectivity index (χ0) is 14.5. The predicted octanol–water partition coefficient (Wildman–Crippen LogP) is 1.04. The number of carbonyl (C=O) groups excluding carboxylic acids is 1. The second-order valence-electron chi connectivity index (χ2n) is 4.57. The Kier molecular flexibility index (Phi) is 4.41. The first-order valence-electron chi connectivity index (χ1n) is 6.53. The molecule has 1 heterocycles. The number of tetrazole rings is 1. The van der Waals surface area contributed by atoms with Gasteiger partial charge in [0, 0.05) is 5.69 Å². The number of rotatable bonds is 5. The molecule has 0 saturated carbocycles. The molecule has 0 aliphatic carbocycles. The predicted molar refractivity (Wildman–Crippen MR) is 75.4 cm³/mol. The first kappa shape index (κ1) is 14.1. The molecule has 1 aromatic heterocycles. The van der Waals surface area contributed by atoms with Gasteiger partial charge in [-0.3, -0.25) is 4.79 Å². The number of aromatic nitrogens is 4. The van der Waals surface area contributed by atoms with Gasteiger partial charge in [-0.2, -0.15) is 4.68 Å². The minimum Gasteiger partial charge on any atom is -0.325 e. The van der Waals surface area contributed by atoms with Crippen LogP contribution in [0.2, 0.25) is 0 Å². The second kappa shape index (κ2) is 6.25. The van der Waals surface area contributed by atoms with Gasteiger partial charge in [-0.25, -0.2) is 0 Å². The monoisotopic (exact) mass is 274 g/mol. The molecular weight excluding hydrogens is 256 g/mol. The molecular formula is C13H18N6O. The maximum absolute atomic E-state index is 11.9. The highest BCUT2D eigenvalue weighted by atomic mass is 16.2. The summed E-state index contributed by atoms with van der Waals surface area (Å²) in [5, 5.41) is 14.1. The average Bonchev–Trinajstić information content (AvgIpc) is 2.85. The number of hydrogen-bond acceptors (Lipinski definition) is 5. The lowest BCUT2D eigenvalue weighted by Crippen LogP contribution is -2.35. The Labute approximate surface area is 117 Å². The van der Waals surface area contributed by atoms with Crippen LogP contribution >= 0.6 is 0 Å². The van der Waals surface area contributed by atoms with E-state index in [0.717, 1.165) is 12.1 Å². The third kappa shape index (κ3) is 3.18. The van der Waals surface area contributed by atoms with Crippen LogP contribution in [0.1, 0.15) is 25.6 Å². The molecule has 2 aromatic rings. The summed E-state index contributed by atoms with van der Waals surface area (Å²) in [7, 11) is 0. The van der Waals surface area contributed by atoms with Gasteiger partial charge in [0.25, 0.3) is 0 Å². The van der Waals surface area contributed by atoms with Crippen molar-refractivity contribution in [3.8, 4) is 5.69 Å². The van der Waals surface area contributed by atoms with E-state index in [-0.39, 0.29) is 5.91 Å². The molecule has 106 valence electrons. The van der Waals surface area contributed by atoms with E-state index >= 15 is 0 Å². The Balaban J connectivity index is 2.15. The lowest BCUT2D eigenvalue weighted by molar-refractivity contribution is -0.117. The average molecular weight is 274 g/mol.